The predicted octanol–water partition coefficient (Wildman–Crippen LogP) is 5.76. The lowest BCUT2D eigenvalue weighted by Gasteiger charge is -2.11. The van der Waals surface area contributed by atoms with E-state index in [-0.39, 0.29) is 5.91 Å². The fraction of sp³-hybridized carbons (Fsp3) is 0.192. The minimum absolute atomic E-state index is 0.121. The first-order valence-corrected chi connectivity index (χ1v) is 11.6. The Labute approximate surface area is 192 Å². The number of hydrogen-bond donors (Lipinski definition) is 2. The van der Waals surface area contributed by atoms with Crippen LogP contribution in [-0.2, 0) is 0 Å². The first-order chi connectivity index (χ1) is 15.7. The van der Waals surface area contributed by atoms with Crippen LogP contribution in [0, 0.1) is 0 Å². The summed E-state index contributed by atoms with van der Waals surface area (Å²) >= 11 is 1.73. The highest BCUT2D eigenvalue weighted by molar-refractivity contribution is 7.99. The van der Waals surface area contributed by atoms with E-state index in [1.807, 2.05) is 49.4 Å². The summed E-state index contributed by atoms with van der Waals surface area (Å²) in [4.78, 5) is 17.4. The van der Waals surface area contributed by atoms with E-state index in [0.29, 0.717) is 24.5 Å². The molecule has 0 aliphatic carbocycles. The van der Waals surface area contributed by atoms with Crippen molar-refractivity contribution in [2.75, 3.05) is 26.0 Å². The van der Waals surface area contributed by atoms with E-state index >= 15 is 0 Å². The Balaban J connectivity index is 1.48. The summed E-state index contributed by atoms with van der Waals surface area (Å²) in [6.07, 6.45) is 0. The van der Waals surface area contributed by atoms with Crippen LogP contribution >= 0.6 is 11.8 Å². The number of aromatic amines is 1. The lowest BCUT2D eigenvalue weighted by Crippen LogP contribution is -2.26. The van der Waals surface area contributed by atoms with Crippen molar-refractivity contribution in [2.45, 2.75) is 11.8 Å². The van der Waals surface area contributed by atoms with Gasteiger partial charge in [-0.05, 0) is 55.0 Å². The molecule has 4 rings (SSSR count). The minimum Gasteiger partial charge on any atom is -0.497 e. The van der Waals surface area contributed by atoms with Crippen molar-refractivity contribution in [3.8, 4) is 22.8 Å². The fourth-order valence-corrected chi connectivity index (χ4v) is 4.63. The summed E-state index contributed by atoms with van der Waals surface area (Å²) in [5.41, 5.74) is 3.83. The lowest BCUT2D eigenvalue weighted by atomic mass is 10.1. The number of rotatable bonds is 9. The number of methoxy groups -OCH3 is 1. The largest absolute Gasteiger partial charge is 0.497 e. The molecule has 0 aliphatic heterocycles. The van der Waals surface area contributed by atoms with Crippen LogP contribution in [0.15, 0.2) is 77.7 Å². The standard InChI is InChI=1S/C26H26N2O3S/c1-3-31-23-11-7-5-9-21(23)26(29)27-16-17-32-25-20-8-4-6-10-22(20)28-24(25)18-12-14-19(30-2)15-13-18/h4-15,28H,3,16-17H2,1-2H3,(H,27,29). The zero-order valence-corrected chi connectivity index (χ0v) is 19.0. The number of para-hydroxylation sites is 2. The van der Waals surface area contributed by atoms with Crippen LogP contribution in [-0.4, -0.2) is 36.9 Å². The molecule has 0 saturated heterocycles. The maximum Gasteiger partial charge on any atom is 0.255 e. The van der Waals surface area contributed by atoms with E-state index in [4.69, 9.17) is 9.47 Å². The zero-order chi connectivity index (χ0) is 22.3. The Bertz CT molecular complexity index is 1200. The van der Waals surface area contributed by atoms with Crippen molar-refractivity contribution in [1.82, 2.24) is 10.3 Å². The van der Waals surface area contributed by atoms with Crippen LogP contribution in [0.25, 0.3) is 22.2 Å². The van der Waals surface area contributed by atoms with Gasteiger partial charge in [0, 0.05) is 28.1 Å². The summed E-state index contributed by atoms with van der Waals surface area (Å²) in [6, 6.07) is 23.6. The molecule has 0 atom stereocenters. The second-order valence-electron chi connectivity index (χ2n) is 7.14. The number of carbonyl (C=O) groups is 1. The SMILES string of the molecule is CCOc1ccccc1C(=O)NCCSc1c(-c2ccc(OC)cc2)[nH]c2ccccc12. The van der Waals surface area contributed by atoms with Gasteiger partial charge in [0.2, 0.25) is 0 Å². The van der Waals surface area contributed by atoms with Crippen LogP contribution in [0.3, 0.4) is 0 Å². The number of amides is 1. The van der Waals surface area contributed by atoms with Crippen molar-refractivity contribution in [3.05, 3.63) is 78.4 Å². The third-order valence-electron chi connectivity index (χ3n) is 5.10. The predicted molar refractivity (Wildman–Crippen MR) is 131 cm³/mol. The van der Waals surface area contributed by atoms with Gasteiger partial charge in [-0.3, -0.25) is 4.79 Å². The van der Waals surface area contributed by atoms with Crippen LogP contribution in [0.1, 0.15) is 17.3 Å². The number of thioether (sulfide) groups is 1. The first kappa shape index (κ1) is 21.8. The summed E-state index contributed by atoms with van der Waals surface area (Å²) in [5, 5.41) is 4.19. The third-order valence-corrected chi connectivity index (χ3v) is 6.22. The molecular formula is C26H26N2O3S. The molecular weight excluding hydrogens is 420 g/mol. The Morgan fingerprint density at radius 1 is 1.00 bits per heavy atom. The third kappa shape index (κ3) is 4.75. The van der Waals surface area contributed by atoms with E-state index in [9.17, 15) is 4.79 Å². The molecule has 0 unspecified atom stereocenters. The number of ether oxygens (including phenoxy) is 2. The number of carbonyl (C=O) groups excluding carboxylic acids is 1. The molecule has 4 aromatic rings. The van der Waals surface area contributed by atoms with Crippen molar-refractivity contribution in [3.63, 3.8) is 0 Å². The molecule has 3 aromatic carbocycles. The van der Waals surface area contributed by atoms with E-state index in [0.717, 1.165) is 28.3 Å². The van der Waals surface area contributed by atoms with Gasteiger partial charge in [0.1, 0.15) is 11.5 Å². The van der Waals surface area contributed by atoms with E-state index < -0.39 is 0 Å². The van der Waals surface area contributed by atoms with Gasteiger partial charge < -0.3 is 19.8 Å². The molecule has 0 bridgehead atoms. The van der Waals surface area contributed by atoms with E-state index in [1.54, 1.807) is 24.9 Å². The molecule has 6 heteroatoms. The van der Waals surface area contributed by atoms with E-state index in [2.05, 4.69) is 34.6 Å². The topological polar surface area (TPSA) is 63.4 Å². The Hall–Kier alpha value is -3.38. The Morgan fingerprint density at radius 2 is 1.75 bits per heavy atom. The molecule has 0 saturated carbocycles. The van der Waals surface area contributed by atoms with Crippen molar-refractivity contribution in [1.29, 1.82) is 0 Å². The normalized spacial score (nSPS) is 10.8. The van der Waals surface area contributed by atoms with Crippen LogP contribution in [0.5, 0.6) is 11.5 Å². The van der Waals surface area contributed by atoms with Gasteiger partial charge in [-0.2, -0.15) is 0 Å². The maximum absolute atomic E-state index is 12.6. The number of aromatic nitrogens is 1. The highest BCUT2D eigenvalue weighted by Crippen LogP contribution is 2.38. The minimum atomic E-state index is -0.121. The number of benzene rings is 3. The first-order valence-electron chi connectivity index (χ1n) is 10.6. The molecule has 1 heterocycles. The second-order valence-corrected chi connectivity index (χ2v) is 8.24. The number of hydrogen-bond acceptors (Lipinski definition) is 4. The quantitative estimate of drug-likeness (QED) is 0.253. The lowest BCUT2D eigenvalue weighted by molar-refractivity contribution is 0.0952. The smallest absolute Gasteiger partial charge is 0.255 e. The molecule has 0 aliphatic rings. The van der Waals surface area contributed by atoms with Gasteiger partial charge in [-0.25, -0.2) is 0 Å². The van der Waals surface area contributed by atoms with Crippen molar-refractivity contribution >= 4 is 28.6 Å². The van der Waals surface area contributed by atoms with E-state index in [1.165, 1.54) is 10.3 Å². The average molecular weight is 447 g/mol. The van der Waals surface area contributed by atoms with Crippen LogP contribution < -0.4 is 14.8 Å². The highest BCUT2D eigenvalue weighted by atomic mass is 32.2. The molecule has 0 fully saturated rings. The van der Waals surface area contributed by atoms with Crippen LogP contribution in [0.2, 0.25) is 0 Å². The van der Waals surface area contributed by atoms with Gasteiger partial charge in [0.05, 0.1) is 25.0 Å². The average Bonchev–Trinajstić information content (AvgIpc) is 3.21. The molecule has 1 aromatic heterocycles. The summed E-state index contributed by atoms with van der Waals surface area (Å²) < 4.78 is 10.9. The van der Waals surface area contributed by atoms with Gasteiger partial charge in [-0.1, -0.05) is 30.3 Å². The number of fused-ring (bicyclic) bond motifs is 1. The number of H-pyrrole nitrogens is 1. The molecule has 0 radical (unpaired) electrons. The summed E-state index contributed by atoms with van der Waals surface area (Å²) in [6.45, 7) is 2.98. The molecule has 32 heavy (non-hydrogen) atoms. The van der Waals surface area contributed by atoms with Gasteiger partial charge in [0.25, 0.3) is 5.91 Å². The maximum atomic E-state index is 12.6. The molecule has 2 N–H and O–H groups in total. The zero-order valence-electron chi connectivity index (χ0n) is 18.2. The molecule has 5 nitrogen and oxygen atoms in total. The summed E-state index contributed by atoms with van der Waals surface area (Å²) in [5.74, 6) is 2.06. The molecule has 164 valence electrons. The molecule has 0 spiro atoms. The monoisotopic (exact) mass is 446 g/mol. The van der Waals surface area contributed by atoms with Crippen LogP contribution in [0.4, 0.5) is 0 Å². The Morgan fingerprint density at radius 3 is 2.53 bits per heavy atom. The highest BCUT2D eigenvalue weighted by Gasteiger charge is 2.15. The summed E-state index contributed by atoms with van der Waals surface area (Å²) in [7, 11) is 1.67. The van der Waals surface area contributed by atoms with Gasteiger partial charge in [0.15, 0.2) is 0 Å². The second kappa shape index (κ2) is 10.3. The van der Waals surface area contributed by atoms with Gasteiger partial charge >= 0.3 is 0 Å². The van der Waals surface area contributed by atoms with Crippen molar-refractivity contribution in [2.24, 2.45) is 0 Å². The number of nitrogens with one attached hydrogen (secondary N) is 2. The fourth-order valence-electron chi connectivity index (χ4n) is 3.58. The Kier molecular flexibility index (Phi) is 7.02. The van der Waals surface area contributed by atoms with Gasteiger partial charge in [-0.15, -0.1) is 11.8 Å². The van der Waals surface area contributed by atoms with Crippen molar-refractivity contribution < 1.29 is 14.3 Å². The molecule has 1 amide bonds.